The van der Waals surface area contributed by atoms with Gasteiger partial charge in [-0.15, -0.1) is 11.3 Å². The molecular formula is C18H15N3O3S. The van der Waals surface area contributed by atoms with E-state index in [4.69, 9.17) is 4.74 Å². The molecule has 0 unspecified atom stereocenters. The highest BCUT2D eigenvalue weighted by atomic mass is 32.1. The van der Waals surface area contributed by atoms with E-state index in [-0.39, 0.29) is 11.8 Å². The molecule has 0 radical (unpaired) electrons. The van der Waals surface area contributed by atoms with E-state index in [1.165, 1.54) is 11.3 Å². The first-order chi connectivity index (χ1) is 12.1. The summed E-state index contributed by atoms with van der Waals surface area (Å²) >= 11 is 1.49. The van der Waals surface area contributed by atoms with Gasteiger partial charge in [-0.1, -0.05) is 0 Å². The Morgan fingerprint density at radius 3 is 3.04 bits per heavy atom. The number of hydrogen-bond acceptors (Lipinski definition) is 5. The predicted octanol–water partition coefficient (Wildman–Crippen LogP) is 3.01. The van der Waals surface area contributed by atoms with E-state index in [1.54, 1.807) is 41.7 Å². The maximum Gasteiger partial charge on any atom is 0.257 e. The predicted molar refractivity (Wildman–Crippen MR) is 96.5 cm³/mol. The van der Waals surface area contributed by atoms with E-state index < -0.39 is 0 Å². The van der Waals surface area contributed by atoms with Crippen molar-refractivity contribution in [3.8, 4) is 5.75 Å². The fourth-order valence-electron chi connectivity index (χ4n) is 2.70. The summed E-state index contributed by atoms with van der Waals surface area (Å²) in [5, 5.41) is 2.84. The van der Waals surface area contributed by atoms with Crippen molar-refractivity contribution >= 4 is 39.1 Å². The number of hydrogen-bond donors (Lipinski definition) is 1. The highest BCUT2D eigenvalue weighted by Gasteiger charge is 2.21. The van der Waals surface area contributed by atoms with Crippen LogP contribution in [0.3, 0.4) is 0 Å². The summed E-state index contributed by atoms with van der Waals surface area (Å²) in [5.41, 5.74) is 4.18. The van der Waals surface area contributed by atoms with Gasteiger partial charge < -0.3 is 15.0 Å². The van der Waals surface area contributed by atoms with E-state index in [9.17, 15) is 9.59 Å². The third kappa shape index (κ3) is 2.94. The molecule has 1 N–H and O–H groups in total. The van der Waals surface area contributed by atoms with Gasteiger partial charge in [-0.25, -0.2) is 4.98 Å². The summed E-state index contributed by atoms with van der Waals surface area (Å²) in [5.74, 6) is 0.193. The Morgan fingerprint density at radius 1 is 1.28 bits per heavy atom. The molecule has 2 amide bonds. The molecule has 3 aromatic rings. The highest BCUT2D eigenvalue weighted by molar-refractivity contribution is 7.16. The zero-order valence-corrected chi connectivity index (χ0v) is 14.3. The summed E-state index contributed by atoms with van der Waals surface area (Å²) < 4.78 is 6.55. The van der Waals surface area contributed by atoms with Gasteiger partial charge in [0.1, 0.15) is 12.4 Å². The van der Waals surface area contributed by atoms with E-state index in [0.717, 1.165) is 10.2 Å². The van der Waals surface area contributed by atoms with Gasteiger partial charge in [0, 0.05) is 18.3 Å². The van der Waals surface area contributed by atoms with Crippen molar-refractivity contribution < 1.29 is 14.3 Å². The third-order valence-corrected chi connectivity index (χ3v) is 4.88. The van der Waals surface area contributed by atoms with Crippen LogP contribution in [0.2, 0.25) is 0 Å². The smallest absolute Gasteiger partial charge is 0.257 e. The van der Waals surface area contributed by atoms with Crippen molar-refractivity contribution in [3.63, 3.8) is 0 Å². The molecule has 0 spiro atoms. The van der Waals surface area contributed by atoms with Crippen LogP contribution >= 0.6 is 11.3 Å². The Labute approximate surface area is 148 Å². The van der Waals surface area contributed by atoms with Crippen LogP contribution < -0.4 is 10.1 Å². The van der Waals surface area contributed by atoms with Gasteiger partial charge in [0.25, 0.3) is 11.8 Å². The molecule has 0 atom stereocenters. The van der Waals surface area contributed by atoms with E-state index >= 15 is 0 Å². The molecule has 126 valence electrons. The quantitative estimate of drug-likeness (QED) is 0.769. The van der Waals surface area contributed by atoms with Crippen molar-refractivity contribution in [1.29, 1.82) is 0 Å². The van der Waals surface area contributed by atoms with Gasteiger partial charge in [-0.3, -0.25) is 9.59 Å². The number of ether oxygens (including phenoxy) is 1. The van der Waals surface area contributed by atoms with Crippen LogP contribution in [0.15, 0.2) is 41.9 Å². The Kier molecular flexibility index (Phi) is 3.85. The normalized spacial score (nSPS) is 14.0. The average molecular weight is 353 g/mol. The third-order valence-electron chi connectivity index (χ3n) is 4.09. The second-order valence-electron chi connectivity index (χ2n) is 5.78. The minimum absolute atomic E-state index is 0.116. The Bertz CT molecular complexity index is 983. The van der Waals surface area contributed by atoms with Gasteiger partial charge in [-0.05, 0) is 36.4 Å². The van der Waals surface area contributed by atoms with Crippen molar-refractivity contribution in [1.82, 2.24) is 9.88 Å². The molecule has 25 heavy (non-hydrogen) atoms. The lowest BCUT2D eigenvalue weighted by molar-refractivity contribution is 0.0796. The molecule has 0 aliphatic carbocycles. The lowest BCUT2D eigenvalue weighted by atomic mass is 10.1. The fraction of sp³-hybridized carbons (Fsp3) is 0.167. The number of thiazole rings is 1. The van der Waals surface area contributed by atoms with Crippen molar-refractivity contribution in [2.24, 2.45) is 0 Å². The number of carbonyl (C=O) groups excluding carboxylic acids is 2. The number of amides is 2. The minimum atomic E-state index is -0.231. The van der Waals surface area contributed by atoms with Gasteiger partial charge in [0.15, 0.2) is 0 Å². The molecule has 6 nitrogen and oxygen atoms in total. The van der Waals surface area contributed by atoms with E-state index in [0.29, 0.717) is 35.7 Å². The Morgan fingerprint density at radius 2 is 2.16 bits per heavy atom. The molecule has 4 rings (SSSR count). The molecule has 1 aliphatic rings. The van der Waals surface area contributed by atoms with Crippen molar-refractivity contribution in [3.05, 3.63) is 53.0 Å². The molecule has 0 bridgehead atoms. The number of carbonyl (C=O) groups is 2. The van der Waals surface area contributed by atoms with Gasteiger partial charge in [-0.2, -0.15) is 0 Å². The number of benzene rings is 2. The molecule has 2 heterocycles. The van der Waals surface area contributed by atoms with Crippen LogP contribution in [-0.4, -0.2) is 41.9 Å². The molecule has 7 heteroatoms. The summed E-state index contributed by atoms with van der Waals surface area (Å²) in [6, 6.07) is 10.5. The second kappa shape index (κ2) is 6.18. The van der Waals surface area contributed by atoms with Gasteiger partial charge in [0.05, 0.1) is 27.8 Å². The number of nitrogens with zero attached hydrogens (tertiary/aromatic N) is 2. The van der Waals surface area contributed by atoms with Crippen molar-refractivity contribution in [2.45, 2.75) is 0 Å². The standard InChI is InChI=1S/C18H15N3O3S/c1-21-6-7-24-15-5-3-12(9-13(15)18(21)23)20-17(22)11-2-4-14-16(8-11)25-10-19-14/h2-5,8-10H,6-7H2,1H3,(H,20,22). The van der Waals surface area contributed by atoms with E-state index in [2.05, 4.69) is 10.3 Å². The van der Waals surface area contributed by atoms with Crippen LogP contribution in [0.5, 0.6) is 5.75 Å². The zero-order chi connectivity index (χ0) is 17.4. The highest BCUT2D eigenvalue weighted by Crippen LogP contribution is 2.27. The molecular weight excluding hydrogens is 338 g/mol. The molecule has 0 saturated heterocycles. The number of nitrogens with one attached hydrogen (secondary N) is 1. The van der Waals surface area contributed by atoms with Crippen LogP contribution in [-0.2, 0) is 0 Å². The largest absolute Gasteiger partial charge is 0.491 e. The topological polar surface area (TPSA) is 71.5 Å². The maximum absolute atomic E-state index is 12.5. The monoisotopic (exact) mass is 353 g/mol. The second-order valence-corrected chi connectivity index (χ2v) is 6.66. The summed E-state index contributed by atoms with van der Waals surface area (Å²) in [6.45, 7) is 0.986. The Balaban J connectivity index is 1.61. The summed E-state index contributed by atoms with van der Waals surface area (Å²) in [6.07, 6.45) is 0. The number of aromatic nitrogens is 1. The molecule has 1 aliphatic heterocycles. The first kappa shape index (κ1) is 15.6. The summed E-state index contributed by atoms with van der Waals surface area (Å²) in [4.78, 5) is 30.7. The lowest BCUT2D eigenvalue weighted by Gasteiger charge is -2.13. The molecule has 2 aromatic carbocycles. The first-order valence-corrected chi connectivity index (χ1v) is 8.67. The maximum atomic E-state index is 12.5. The van der Waals surface area contributed by atoms with Crippen molar-refractivity contribution in [2.75, 3.05) is 25.5 Å². The van der Waals surface area contributed by atoms with E-state index in [1.807, 2.05) is 12.1 Å². The van der Waals surface area contributed by atoms with Crippen LogP contribution in [0.4, 0.5) is 5.69 Å². The Hall–Kier alpha value is -2.93. The van der Waals surface area contributed by atoms with Gasteiger partial charge in [0.2, 0.25) is 0 Å². The minimum Gasteiger partial charge on any atom is -0.491 e. The lowest BCUT2D eigenvalue weighted by Crippen LogP contribution is -2.27. The fourth-order valence-corrected chi connectivity index (χ4v) is 3.42. The van der Waals surface area contributed by atoms with Crippen LogP contribution in [0.25, 0.3) is 10.2 Å². The molecule has 0 saturated carbocycles. The van der Waals surface area contributed by atoms with Crippen LogP contribution in [0.1, 0.15) is 20.7 Å². The van der Waals surface area contributed by atoms with Crippen LogP contribution in [0, 0.1) is 0 Å². The molecule has 1 aromatic heterocycles. The number of likely N-dealkylation sites (N-methyl/N-ethyl adjacent to an activating group) is 1. The number of fused-ring (bicyclic) bond motifs is 2. The summed E-state index contributed by atoms with van der Waals surface area (Å²) in [7, 11) is 1.73. The average Bonchev–Trinajstić information content (AvgIpc) is 3.04. The number of rotatable bonds is 2. The first-order valence-electron chi connectivity index (χ1n) is 7.79. The van der Waals surface area contributed by atoms with Gasteiger partial charge >= 0.3 is 0 Å². The SMILES string of the molecule is CN1CCOc2ccc(NC(=O)c3ccc4ncsc4c3)cc2C1=O. The number of anilines is 1. The molecule has 0 fully saturated rings. The zero-order valence-electron chi connectivity index (χ0n) is 13.5.